The molecule has 3 aromatic rings. The minimum atomic E-state index is -0.738. The van der Waals surface area contributed by atoms with Crippen LogP contribution in [-0.2, 0) is 7.05 Å². The number of para-hydroxylation sites is 1. The summed E-state index contributed by atoms with van der Waals surface area (Å²) in [4.78, 5) is 12.6. The monoisotopic (exact) mass is 378 g/mol. The topological polar surface area (TPSA) is 54.3 Å². The molecule has 114 valence electrons. The summed E-state index contributed by atoms with van der Waals surface area (Å²) >= 11 is 4.69. The summed E-state index contributed by atoms with van der Waals surface area (Å²) in [5, 5.41) is 16.0. The molecule has 2 heterocycles. The van der Waals surface area contributed by atoms with Crippen molar-refractivity contribution in [3.05, 3.63) is 56.8 Å². The van der Waals surface area contributed by atoms with Crippen molar-refractivity contribution >= 4 is 44.1 Å². The Morgan fingerprint density at radius 2 is 2.23 bits per heavy atom. The molecule has 1 aromatic carbocycles. The third kappa shape index (κ3) is 2.95. The fraction of sp³-hybridized carbons (Fsp3) is 0.188. The predicted octanol–water partition coefficient (Wildman–Crippen LogP) is 3.47. The summed E-state index contributed by atoms with van der Waals surface area (Å²) in [7, 11) is 1.94. The van der Waals surface area contributed by atoms with Gasteiger partial charge in [-0.15, -0.1) is 11.3 Å². The Morgan fingerprint density at radius 1 is 1.45 bits per heavy atom. The van der Waals surface area contributed by atoms with E-state index in [9.17, 15) is 9.90 Å². The van der Waals surface area contributed by atoms with Gasteiger partial charge in [0, 0.05) is 46.1 Å². The second kappa shape index (κ2) is 6.24. The summed E-state index contributed by atoms with van der Waals surface area (Å²) in [5.74, 6) is -0.171. The van der Waals surface area contributed by atoms with Gasteiger partial charge in [-0.05, 0) is 28.1 Å². The van der Waals surface area contributed by atoms with Crippen LogP contribution in [0, 0.1) is 0 Å². The number of rotatable bonds is 4. The Hall–Kier alpha value is -1.63. The lowest BCUT2D eigenvalue weighted by Gasteiger charge is -2.10. The van der Waals surface area contributed by atoms with E-state index in [2.05, 4.69) is 21.2 Å². The summed E-state index contributed by atoms with van der Waals surface area (Å²) in [6.45, 7) is 0.183. The number of fused-ring (bicyclic) bond motifs is 1. The number of aryl methyl sites for hydroxylation is 1. The fourth-order valence-corrected chi connectivity index (χ4v) is 3.80. The number of halogens is 1. The number of aliphatic hydroxyl groups is 1. The van der Waals surface area contributed by atoms with Crippen LogP contribution in [0.25, 0.3) is 10.9 Å². The van der Waals surface area contributed by atoms with Gasteiger partial charge in [-0.3, -0.25) is 4.79 Å². The molecule has 2 N–H and O–H groups in total. The number of amides is 1. The van der Waals surface area contributed by atoms with Crippen LogP contribution < -0.4 is 5.32 Å². The molecule has 0 saturated carbocycles. The van der Waals surface area contributed by atoms with E-state index < -0.39 is 6.10 Å². The van der Waals surface area contributed by atoms with E-state index in [1.54, 1.807) is 6.07 Å². The van der Waals surface area contributed by atoms with Gasteiger partial charge in [0.1, 0.15) is 0 Å². The predicted molar refractivity (Wildman–Crippen MR) is 92.2 cm³/mol. The summed E-state index contributed by atoms with van der Waals surface area (Å²) in [5.41, 5.74) is 1.89. The smallest absolute Gasteiger partial charge is 0.261 e. The Balaban J connectivity index is 1.74. The number of aromatic nitrogens is 1. The Labute approximate surface area is 140 Å². The van der Waals surface area contributed by atoms with Crippen molar-refractivity contribution in [3.63, 3.8) is 0 Å². The molecule has 0 spiro atoms. The van der Waals surface area contributed by atoms with Gasteiger partial charge in [0.2, 0.25) is 0 Å². The van der Waals surface area contributed by atoms with Gasteiger partial charge in [0.15, 0.2) is 0 Å². The van der Waals surface area contributed by atoms with Crippen molar-refractivity contribution in [2.75, 3.05) is 6.54 Å². The van der Waals surface area contributed by atoms with E-state index in [1.807, 2.05) is 47.5 Å². The van der Waals surface area contributed by atoms with Gasteiger partial charge in [-0.1, -0.05) is 18.2 Å². The van der Waals surface area contributed by atoms with Crippen LogP contribution >= 0.6 is 27.3 Å². The zero-order chi connectivity index (χ0) is 15.7. The Morgan fingerprint density at radius 3 is 2.95 bits per heavy atom. The first-order valence-corrected chi connectivity index (χ1v) is 8.48. The van der Waals surface area contributed by atoms with Crippen molar-refractivity contribution in [3.8, 4) is 0 Å². The maximum absolute atomic E-state index is 12.0. The molecule has 3 rings (SSSR count). The van der Waals surface area contributed by atoms with Gasteiger partial charge in [0.05, 0.1) is 11.0 Å². The molecule has 1 atom stereocenters. The van der Waals surface area contributed by atoms with Gasteiger partial charge < -0.3 is 15.0 Å². The minimum absolute atomic E-state index is 0.171. The molecule has 22 heavy (non-hydrogen) atoms. The number of carbonyl (C=O) groups is 1. The molecular weight excluding hydrogens is 364 g/mol. The third-order valence-corrected chi connectivity index (χ3v) is 5.22. The highest BCUT2D eigenvalue weighted by atomic mass is 79.9. The normalized spacial score (nSPS) is 12.5. The summed E-state index contributed by atoms with van der Waals surface area (Å²) in [6, 6.07) is 9.67. The molecular formula is C16H15BrN2O2S. The lowest BCUT2D eigenvalue weighted by molar-refractivity contribution is 0.0921. The molecule has 6 heteroatoms. The maximum atomic E-state index is 12.0. The molecule has 0 aliphatic carbocycles. The average molecular weight is 379 g/mol. The largest absolute Gasteiger partial charge is 0.386 e. The minimum Gasteiger partial charge on any atom is -0.386 e. The van der Waals surface area contributed by atoms with Crippen molar-refractivity contribution in [1.29, 1.82) is 0 Å². The molecule has 1 unspecified atom stereocenters. The molecule has 0 saturated heterocycles. The second-order valence-electron chi connectivity index (χ2n) is 5.07. The van der Waals surface area contributed by atoms with Crippen molar-refractivity contribution in [1.82, 2.24) is 9.88 Å². The lowest BCUT2D eigenvalue weighted by Crippen LogP contribution is -2.27. The van der Waals surface area contributed by atoms with E-state index >= 15 is 0 Å². The number of nitrogens with one attached hydrogen (secondary N) is 1. The van der Waals surface area contributed by atoms with Gasteiger partial charge in [-0.25, -0.2) is 0 Å². The highest BCUT2D eigenvalue weighted by molar-refractivity contribution is 9.10. The highest BCUT2D eigenvalue weighted by Gasteiger charge is 2.16. The fourth-order valence-electron chi connectivity index (χ4n) is 2.46. The Kier molecular flexibility index (Phi) is 4.33. The zero-order valence-corrected chi connectivity index (χ0v) is 14.3. The molecule has 0 radical (unpaired) electrons. The van der Waals surface area contributed by atoms with Crippen molar-refractivity contribution in [2.45, 2.75) is 6.10 Å². The van der Waals surface area contributed by atoms with Crippen LogP contribution in [0.4, 0.5) is 0 Å². The maximum Gasteiger partial charge on any atom is 0.261 e. The summed E-state index contributed by atoms with van der Waals surface area (Å²) < 4.78 is 2.86. The molecule has 0 bridgehead atoms. The third-order valence-electron chi connectivity index (χ3n) is 3.53. The standard InChI is InChI=1S/C16H15BrN2O2S/c1-19-8-12(11-4-2-3-5-13(11)19)14(20)7-18-16(21)15-6-10(17)9-22-15/h2-6,8-9,14,20H,7H2,1H3,(H,18,21). The van der Waals surface area contributed by atoms with E-state index in [4.69, 9.17) is 0 Å². The van der Waals surface area contributed by atoms with E-state index in [1.165, 1.54) is 11.3 Å². The molecule has 1 amide bonds. The van der Waals surface area contributed by atoms with Crippen molar-refractivity contribution < 1.29 is 9.90 Å². The molecule has 0 aliphatic rings. The van der Waals surface area contributed by atoms with Gasteiger partial charge in [0.25, 0.3) is 5.91 Å². The average Bonchev–Trinajstić information content (AvgIpc) is 3.09. The summed E-state index contributed by atoms with van der Waals surface area (Å²) in [6.07, 6.45) is 1.17. The van der Waals surface area contributed by atoms with E-state index in [0.717, 1.165) is 20.9 Å². The number of aliphatic hydroxyl groups excluding tert-OH is 1. The van der Waals surface area contributed by atoms with Crippen molar-refractivity contribution in [2.24, 2.45) is 7.05 Å². The lowest BCUT2D eigenvalue weighted by atomic mass is 10.1. The SMILES string of the molecule is Cn1cc(C(O)CNC(=O)c2cc(Br)cs2)c2ccccc21. The number of hydrogen-bond donors (Lipinski definition) is 2. The first kappa shape index (κ1) is 15.3. The second-order valence-corrected chi connectivity index (χ2v) is 6.89. The quantitative estimate of drug-likeness (QED) is 0.730. The molecule has 0 fully saturated rings. The van der Waals surface area contributed by atoms with Crippen LogP contribution in [0.2, 0.25) is 0 Å². The highest BCUT2D eigenvalue weighted by Crippen LogP contribution is 2.26. The van der Waals surface area contributed by atoms with Gasteiger partial charge >= 0.3 is 0 Å². The van der Waals surface area contributed by atoms with Crippen LogP contribution in [0.3, 0.4) is 0 Å². The molecule has 2 aromatic heterocycles. The number of nitrogens with zero attached hydrogens (tertiary/aromatic N) is 1. The number of carbonyl (C=O) groups excluding carboxylic acids is 1. The Bertz CT molecular complexity index is 825. The number of hydrogen-bond acceptors (Lipinski definition) is 3. The first-order chi connectivity index (χ1) is 10.6. The first-order valence-electron chi connectivity index (χ1n) is 6.80. The number of benzene rings is 1. The van der Waals surface area contributed by atoms with Crippen LogP contribution in [-0.4, -0.2) is 22.1 Å². The molecule has 0 aliphatic heterocycles. The van der Waals surface area contributed by atoms with E-state index in [-0.39, 0.29) is 12.5 Å². The van der Waals surface area contributed by atoms with Gasteiger partial charge in [-0.2, -0.15) is 0 Å². The molecule has 4 nitrogen and oxygen atoms in total. The van der Waals surface area contributed by atoms with Crippen LogP contribution in [0.5, 0.6) is 0 Å². The number of thiophene rings is 1. The van der Waals surface area contributed by atoms with Crippen LogP contribution in [0.15, 0.2) is 46.4 Å². The zero-order valence-electron chi connectivity index (χ0n) is 11.9. The van der Waals surface area contributed by atoms with E-state index in [0.29, 0.717) is 4.88 Å². The van der Waals surface area contributed by atoms with Crippen LogP contribution in [0.1, 0.15) is 21.3 Å².